The summed E-state index contributed by atoms with van der Waals surface area (Å²) in [5.74, 6) is -1.14. The zero-order valence-electron chi connectivity index (χ0n) is 34.7. The molecule has 0 spiro atoms. The fraction of sp³-hybridized carbons (Fsp3) is 0.271. The van der Waals surface area contributed by atoms with E-state index in [-0.39, 0.29) is 16.9 Å². The van der Waals surface area contributed by atoms with Crippen LogP contribution in [-0.2, 0) is 23.8 Å². The molecule has 0 amide bonds. The number of ether oxygens (including phenoxy) is 7. The van der Waals surface area contributed by atoms with E-state index < -0.39 is 29.8 Å². The van der Waals surface area contributed by atoms with Gasteiger partial charge in [0.25, 0.3) is 0 Å². The van der Waals surface area contributed by atoms with E-state index in [1.807, 2.05) is 0 Å². The van der Waals surface area contributed by atoms with E-state index in [0.29, 0.717) is 60.4 Å². The van der Waals surface area contributed by atoms with Crippen molar-refractivity contribution < 1.29 is 57.1 Å². The van der Waals surface area contributed by atoms with Gasteiger partial charge in [-0.2, -0.15) is 10.2 Å². The van der Waals surface area contributed by atoms with Crippen LogP contribution in [-0.4, -0.2) is 75.8 Å². The summed E-state index contributed by atoms with van der Waals surface area (Å²) < 4.78 is 37.4. The summed E-state index contributed by atoms with van der Waals surface area (Å²) in [6, 6.07) is 24.4. The quantitative estimate of drug-likeness (QED) is 0.0112. The molecule has 0 radical (unpaired) electrons. The van der Waals surface area contributed by atoms with Crippen molar-refractivity contribution in [2.24, 2.45) is 10.2 Å². The summed E-state index contributed by atoms with van der Waals surface area (Å²) in [7, 11) is 1.22. The smallest absolute Gasteiger partial charge is 0.343 e. The molecule has 0 aliphatic rings. The molecule has 4 rings (SSSR count). The molecule has 0 aliphatic carbocycles. The van der Waals surface area contributed by atoms with E-state index in [9.17, 15) is 24.0 Å². The number of unbranched alkanes of at least 4 members (excludes halogenated alkanes) is 6. The maximum absolute atomic E-state index is 13.0. The van der Waals surface area contributed by atoms with Gasteiger partial charge in [0.1, 0.15) is 28.6 Å². The molecule has 0 saturated carbocycles. The van der Waals surface area contributed by atoms with Crippen LogP contribution in [0.5, 0.6) is 23.0 Å². The Labute approximate surface area is 360 Å². The molecule has 0 unspecified atom stereocenters. The topological polar surface area (TPSA) is 175 Å². The van der Waals surface area contributed by atoms with Crippen LogP contribution < -0.4 is 18.9 Å². The number of hydrogen-bond donors (Lipinski definition) is 0. The van der Waals surface area contributed by atoms with Crippen LogP contribution in [0.2, 0.25) is 0 Å². The van der Waals surface area contributed by atoms with Gasteiger partial charge in [-0.05, 0) is 153 Å². The minimum absolute atomic E-state index is 0.00971. The van der Waals surface area contributed by atoms with Crippen LogP contribution in [0.3, 0.4) is 0 Å². The first-order valence-corrected chi connectivity index (χ1v) is 20.1. The van der Waals surface area contributed by atoms with Gasteiger partial charge in [0.2, 0.25) is 0 Å². The number of hydrogen-bond acceptors (Lipinski definition) is 14. The van der Waals surface area contributed by atoms with Gasteiger partial charge < -0.3 is 33.2 Å². The van der Waals surface area contributed by atoms with Gasteiger partial charge in [-0.15, -0.1) is 0 Å². The van der Waals surface area contributed by atoms with Crippen LogP contribution in [0.1, 0.15) is 93.6 Å². The van der Waals surface area contributed by atoms with Gasteiger partial charge in [0.05, 0.1) is 57.1 Å². The second kappa shape index (κ2) is 26.7. The molecule has 0 atom stereocenters. The zero-order chi connectivity index (χ0) is 44.4. The summed E-state index contributed by atoms with van der Waals surface area (Å²) in [6.07, 6.45) is 12.1. The number of carbonyl (C=O) groups excluding carboxylic acids is 5. The maximum atomic E-state index is 13.0. The van der Waals surface area contributed by atoms with Crippen molar-refractivity contribution in [1.82, 2.24) is 0 Å². The van der Waals surface area contributed by atoms with Gasteiger partial charge >= 0.3 is 29.8 Å². The number of rotatable bonds is 26. The second-order valence-corrected chi connectivity index (χ2v) is 13.4. The molecule has 14 nitrogen and oxygen atoms in total. The lowest BCUT2D eigenvalue weighted by atomic mass is 10.1. The third-order valence-corrected chi connectivity index (χ3v) is 8.80. The van der Waals surface area contributed by atoms with Crippen molar-refractivity contribution in [2.75, 3.05) is 33.5 Å². The third kappa shape index (κ3) is 17.1. The highest BCUT2D eigenvalue weighted by atomic mass is 16.6. The Morgan fingerprint density at radius 2 is 0.935 bits per heavy atom. The summed E-state index contributed by atoms with van der Waals surface area (Å²) in [4.78, 5) is 60.4. The van der Waals surface area contributed by atoms with Crippen molar-refractivity contribution in [1.29, 1.82) is 0 Å². The van der Waals surface area contributed by atoms with Crippen molar-refractivity contribution in [3.8, 4) is 23.0 Å². The van der Waals surface area contributed by atoms with E-state index in [2.05, 4.69) is 23.4 Å². The van der Waals surface area contributed by atoms with E-state index in [1.54, 1.807) is 78.9 Å². The second-order valence-electron chi connectivity index (χ2n) is 13.4. The van der Waals surface area contributed by atoms with E-state index in [4.69, 9.17) is 33.2 Å². The molecule has 62 heavy (non-hydrogen) atoms. The predicted octanol–water partition coefficient (Wildman–Crippen LogP) is 8.70. The highest BCUT2D eigenvalue weighted by Gasteiger charge is 2.18. The molecule has 0 saturated heterocycles. The summed E-state index contributed by atoms with van der Waals surface area (Å²) in [6.45, 7) is 8.48. The van der Waals surface area contributed by atoms with Gasteiger partial charge in [0.15, 0.2) is 0 Å². The lowest BCUT2D eigenvalue weighted by molar-refractivity contribution is -0.138. The molecule has 4 aromatic carbocycles. The van der Waals surface area contributed by atoms with E-state index in [1.165, 1.54) is 31.7 Å². The monoisotopic (exact) mass is 846 g/mol. The minimum atomic E-state index is -0.707. The Hall–Kier alpha value is -7.35. The molecule has 324 valence electrons. The average Bonchev–Trinajstić information content (AvgIpc) is 3.30. The van der Waals surface area contributed by atoms with Gasteiger partial charge in [0, 0.05) is 12.2 Å². The number of esters is 5. The molecule has 0 aliphatic heterocycles. The largest absolute Gasteiger partial charge is 0.494 e. The first kappa shape index (κ1) is 47.3. The molecular weight excluding hydrogens is 797 g/mol. The van der Waals surface area contributed by atoms with Crippen molar-refractivity contribution in [3.63, 3.8) is 0 Å². The van der Waals surface area contributed by atoms with Crippen LogP contribution >= 0.6 is 0 Å². The highest BCUT2D eigenvalue weighted by Crippen LogP contribution is 2.23. The fourth-order valence-corrected chi connectivity index (χ4v) is 5.47. The third-order valence-electron chi connectivity index (χ3n) is 8.80. The van der Waals surface area contributed by atoms with Crippen LogP contribution in [0.25, 0.3) is 0 Å². The molecule has 0 heterocycles. The predicted molar refractivity (Wildman–Crippen MR) is 232 cm³/mol. The molecule has 0 fully saturated rings. The minimum Gasteiger partial charge on any atom is -0.494 e. The molecule has 0 N–H and O–H groups in total. The summed E-state index contributed by atoms with van der Waals surface area (Å²) in [5, 5.41) is 8.14. The standard InChI is InChI=1S/C48H50N2O12/c1-4-44(51)59-30-12-8-6-10-28-57-39-23-17-37(18-24-39)46(53)61-41-21-14-35(15-22-41)33-49-50-34-36-16-27-43(42(32-36)48(55)56-3)62-47(54)38-19-25-40(26-20-38)58-29-11-7-9-13-31-60-45(52)5-2/h4-5,14-27,32-34H,1-2,6-13,28-31H2,3H3/b49-33-,50-34-. The SMILES string of the molecule is C=CC(=O)OCCCCCCOc1ccc(C(=O)Oc2ccc(/C=N\N=C/c3ccc(OC(=O)c4ccc(OCCCCCCOC(=O)C=C)cc4)c(C(=O)OC)c3)cc2)cc1. The lowest BCUT2D eigenvalue weighted by Crippen LogP contribution is -2.12. The fourth-order valence-electron chi connectivity index (χ4n) is 5.47. The zero-order valence-corrected chi connectivity index (χ0v) is 34.7. The Morgan fingerprint density at radius 3 is 1.42 bits per heavy atom. The molecule has 0 bridgehead atoms. The Morgan fingerprint density at radius 1 is 0.500 bits per heavy atom. The Balaban J connectivity index is 1.19. The summed E-state index contributed by atoms with van der Waals surface area (Å²) in [5.41, 5.74) is 1.83. The Kier molecular flexibility index (Phi) is 20.4. The van der Waals surface area contributed by atoms with Crippen molar-refractivity contribution in [3.05, 3.63) is 144 Å². The van der Waals surface area contributed by atoms with Crippen LogP contribution in [0, 0.1) is 0 Å². The molecule has 14 heteroatoms. The highest BCUT2D eigenvalue weighted by molar-refractivity contribution is 5.98. The van der Waals surface area contributed by atoms with Crippen molar-refractivity contribution >= 4 is 42.3 Å². The number of carbonyl (C=O) groups is 5. The lowest BCUT2D eigenvalue weighted by Gasteiger charge is -2.10. The molecular formula is C48H50N2O12. The van der Waals surface area contributed by atoms with E-state index in [0.717, 1.165) is 63.5 Å². The first-order valence-electron chi connectivity index (χ1n) is 20.1. The molecule has 4 aromatic rings. The van der Waals surface area contributed by atoms with Gasteiger partial charge in [-0.1, -0.05) is 13.2 Å². The van der Waals surface area contributed by atoms with Gasteiger partial charge in [-0.3, -0.25) is 0 Å². The molecule has 0 aromatic heterocycles. The Bertz CT molecular complexity index is 2160. The number of methoxy groups -OCH3 is 1. The van der Waals surface area contributed by atoms with Crippen LogP contribution in [0.15, 0.2) is 127 Å². The number of nitrogens with zero attached hydrogens (tertiary/aromatic N) is 2. The van der Waals surface area contributed by atoms with E-state index >= 15 is 0 Å². The van der Waals surface area contributed by atoms with Gasteiger partial charge in [-0.25, -0.2) is 24.0 Å². The average molecular weight is 847 g/mol. The maximum Gasteiger partial charge on any atom is 0.343 e. The van der Waals surface area contributed by atoms with Crippen LogP contribution in [0.4, 0.5) is 0 Å². The summed E-state index contributed by atoms with van der Waals surface area (Å²) >= 11 is 0. The number of benzene rings is 4. The first-order chi connectivity index (χ1) is 30.2. The normalized spacial score (nSPS) is 10.8. The van der Waals surface area contributed by atoms with Crippen molar-refractivity contribution in [2.45, 2.75) is 51.4 Å².